The standard InChI is InChI=1S/C6H10ClNO4S/c7-13(11,12)6-3-1-2-5(4-6)8(9)10/h5-6H,1-4H2. The summed E-state index contributed by atoms with van der Waals surface area (Å²) in [6.07, 6.45) is 1.51. The summed E-state index contributed by atoms with van der Waals surface area (Å²) in [6.45, 7) is 0. The molecule has 0 aliphatic heterocycles. The van der Waals surface area contributed by atoms with Crippen molar-refractivity contribution in [2.24, 2.45) is 0 Å². The average Bonchev–Trinajstić information content (AvgIpc) is 2.03. The van der Waals surface area contributed by atoms with Gasteiger partial charge >= 0.3 is 0 Å². The molecule has 0 radical (unpaired) electrons. The SMILES string of the molecule is O=[N+]([O-])C1CCCC(S(=O)(=O)Cl)C1. The Morgan fingerprint density at radius 2 is 2.00 bits per heavy atom. The second-order valence-corrected chi connectivity index (χ2v) is 6.11. The van der Waals surface area contributed by atoms with Crippen LogP contribution in [0.2, 0.25) is 0 Å². The van der Waals surface area contributed by atoms with Crippen molar-refractivity contribution in [3.8, 4) is 0 Å². The van der Waals surface area contributed by atoms with E-state index in [1.54, 1.807) is 0 Å². The van der Waals surface area contributed by atoms with Crippen molar-refractivity contribution in [2.45, 2.75) is 37.0 Å². The van der Waals surface area contributed by atoms with Crippen LogP contribution >= 0.6 is 10.7 Å². The molecule has 0 amide bonds. The molecule has 2 atom stereocenters. The molecule has 1 rings (SSSR count). The van der Waals surface area contributed by atoms with Crippen molar-refractivity contribution in [1.29, 1.82) is 0 Å². The second kappa shape index (κ2) is 3.79. The number of nitro groups is 1. The van der Waals surface area contributed by atoms with E-state index in [1.165, 1.54) is 0 Å². The third kappa shape index (κ3) is 2.80. The fraction of sp³-hybridized carbons (Fsp3) is 1.00. The van der Waals surface area contributed by atoms with Crippen LogP contribution in [-0.2, 0) is 9.05 Å². The smallest absolute Gasteiger partial charge is 0.235 e. The maximum Gasteiger partial charge on any atom is 0.235 e. The second-order valence-electron chi connectivity index (χ2n) is 3.20. The molecule has 5 nitrogen and oxygen atoms in total. The molecular formula is C6H10ClNO4S. The molecule has 0 bridgehead atoms. The van der Waals surface area contributed by atoms with Gasteiger partial charge < -0.3 is 0 Å². The van der Waals surface area contributed by atoms with Crippen LogP contribution in [0.3, 0.4) is 0 Å². The van der Waals surface area contributed by atoms with E-state index in [0.29, 0.717) is 19.3 Å². The molecule has 0 saturated heterocycles. The monoisotopic (exact) mass is 227 g/mol. The summed E-state index contributed by atoms with van der Waals surface area (Å²) in [7, 11) is 1.51. The Hall–Kier alpha value is -0.360. The molecule has 0 N–H and O–H groups in total. The average molecular weight is 228 g/mol. The molecule has 0 aromatic carbocycles. The van der Waals surface area contributed by atoms with E-state index in [0.717, 1.165) is 0 Å². The topological polar surface area (TPSA) is 77.3 Å². The van der Waals surface area contributed by atoms with Crippen molar-refractivity contribution >= 4 is 19.7 Å². The van der Waals surface area contributed by atoms with Gasteiger partial charge in [-0.2, -0.15) is 0 Å². The Labute approximate surface area is 80.6 Å². The minimum atomic E-state index is -3.62. The van der Waals surface area contributed by atoms with Gasteiger partial charge in [-0.25, -0.2) is 8.42 Å². The van der Waals surface area contributed by atoms with Gasteiger partial charge in [-0.1, -0.05) is 0 Å². The third-order valence-corrected chi connectivity index (χ3v) is 4.28. The van der Waals surface area contributed by atoms with Gasteiger partial charge in [0.25, 0.3) is 0 Å². The number of hydrogen-bond donors (Lipinski definition) is 0. The molecule has 1 aliphatic carbocycles. The number of hydrogen-bond acceptors (Lipinski definition) is 4. The van der Waals surface area contributed by atoms with Gasteiger partial charge in [0, 0.05) is 28.4 Å². The zero-order chi connectivity index (χ0) is 10.1. The van der Waals surface area contributed by atoms with Crippen LogP contribution in [0.4, 0.5) is 0 Å². The first-order chi connectivity index (χ1) is 5.91. The van der Waals surface area contributed by atoms with Crippen LogP contribution in [0.5, 0.6) is 0 Å². The molecule has 13 heavy (non-hydrogen) atoms. The van der Waals surface area contributed by atoms with Crippen molar-refractivity contribution in [3.63, 3.8) is 0 Å². The van der Waals surface area contributed by atoms with Crippen LogP contribution in [0.1, 0.15) is 25.7 Å². The first-order valence-corrected chi connectivity index (χ1v) is 6.35. The summed E-state index contributed by atoms with van der Waals surface area (Å²) in [5.74, 6) is 0. The predicted octanol–water partition coefficient (Wildman–Crippen LogP) is 1.14. The Morgan fingerprint density at radius 1 is 1.38 bits per heavy atom. The molecule has 0 spiro atoms. The number of nitrogens with zero attached hydrogens (tertiary/aromatic N) is 1. The van der Waals surface area contributed by atoms with E-state index in [-0.39, 0.29) is 6.42 Å². The Morgan fingerprint density at radius 3 is 2.46 bits per heavy atom. The minimum absolute atomic E-state index is 0.0544. The largest absolute Gasteiger partial charge is 0.264 e. The Kier molecular flexibility index (Phi) is 3.13. The summed E-state index contributed by atoms with van der Waals surface area (Å²) < 4.78 is 21.8. The van der Waals surface area contributed by atoms with Gasteiger partial charge in [0.05, 0.1) is 5.25 Å². The molecule has 0 aromatic heterocycles. The lowest BCUT2D eigenvalue weighted by Crippen LogP contribution is -2.32. The number of halogens is 1. The number of rotatable bonds is 2. The van der Waals surface area contributed by atoms with E-state index < -0.39 is 25.3 Å². The molecule has 2 unspecified atom stereocenters. The summed E-state index contributed by atoms with van der Waals surface area (Å²) in [5.41, 5.74) is 0. The van der Waals surface area contributed by atoms with Crippen LogP contribution in [0.15, 0.2) is 0 Å². The van der Waals surface area contributed by atoms with Gasteiger partial charge in [-0.15, -0.1) is 0 Å². The maximum atomic E-state index is 10.9. The zero-order valence-corrected chi connectivity index (χ0v) is 8.42. The van der Waals surface area contributed by atoms with Crippen molar-refractivity contribution in [1.82, 2.24) is 0 Å². The van der Waals surface area contributed by atoms with E-state index in [1.807, 2.05) is 0 Å². The lowest BCUT2D eigenvalue weighted by molar-refractivity contribution is -0.526. The molecule has 0 heterocycles. The molecule has 76 valence electrons. The molecule has 1 aliphatic rings. The van der Waals surface area contributed by atoms with Crippen molar-refractivity contribution in [2.75, 3.05) is 0 Å². The van der Waals surface area contributed by atoms with E-state index in [9.17, 15) is 18.5 Å². The first kappa shape index (κ1) is 10.7. The summed E-state index contributed by atoms with van der Waals surface area (Å²) >= 11 is 0. The lowest BCUT2D eigenvalue weighted by atomic mass is 9.96. The highest BCUT2D eigenvalue weighted by atomic mass is 35.7. The van der Waals surface area contributed by atoms with Gasteiger partial charge in [0.15, 0.2) is 0 Å². The van der Waals surface area contributed by atoms with Gasteiger partial charge in [0.1, 0.15) is 0 Å². The van der Waals surface area contributed by atoms with Crippen molar-refractivity contribution < 1.29 is 13.3 Å². The fourth-order valence-corrected chi connectivity index (χ4v) is 2.95. The van der Waals surface area contributed by atoms with Crippen molar-refractivity contribution in [3.05, 3.63) is 10.1 Å². The van der Waals surface area contributed by atoms with Crippen LogP contribution in [0.25, 0.3) is 0 Å². The third-order valence-electron chi connectivity index (χ3n) is 2.29. The molecule has 1 saturated carbocycles. The van der Waals surface area contributed by atoms with E-state index >= 15 is 0 Å². The quantitative estimate of drug-likeness (QED) is 0.403. The molecular weight excluding hydrogens is 218 g/mol. The summed E-state index contributed by atoms with van der Waals surface area (Å²) in [6, 6.07) is -0.743. The van der Waals surface area contributed by atoms with E-state index in [2.05, 4.69) is 0 Å². The van der Waals surface area contributed by atoms with Crippen LogP contribution in [-0.4, -0.2) is 24.6 Å². The summed E-state index contributed by atoms with van der Waals surface area (Å²) in [4.78, 5) is 9.97. The fourth-order valence-electron chi connectivity index (χ4n) is 1.57. The molecule has 7 heteroatoms. The molecule has 0 aromatic rings. The highest BCUT2D eigenvalue weighted by molar-refractivity contribution is 8.14. The maximum absolute atomic E-state index is 10.9. The lowest BCUT2D eigenvalue weighted by Gasteiger charge is -2.21. The molecule has 1 fully saturated rings. The first-order valence-electron chi connectivity index (χ1n) is 3.98. The van der Waals surface area contributed by atoms with Gasteiger partial charge in [-0.3, -0.25) is 10.1 Å². The zero-order valence-electron chi connectivity index (χ0n) is 6.85. The Balaban J connectivity index is 2.67. The highest BCUT2D eigenvalue weighted by Crippen LogP contribution is 2.27. The van der Waals surface area contributed by atoms with Gasteiger partial charge in [0.2, 0.25) is 15.1 Å². The van der Waals surface area contributed by atoms with Crippen LogP contribution in [0, 0.1) is 10.1 Å². The highest BCUT2D eigenvalue weighted by Gasteiger charge is 2.35. The van der Waals surface area contributed by atoms with Crippen LogP contribution < -0.4 is 0 Å². The predicted molar refractivity (Wildman–Crippen MR) is 47.8 cm³/mol. The van der Waals surface area contributed by atoms with Gasteiger partial charge in [-0.05, 0) is 12.8 Å². The Bertz CT molecular complexity index is 302. The van der Waals surface area contributed by atoms with E-state index in [4.69, 9.17) is 10.7 Å². The summed E-state index contributed by atoms with van der Waals surface area (Å²) in [5, 5.41) is 9.66. The normalized spacial score (nSPS) is 29.9. The minimum Gasteiger partial charge on any atom is -0.264 e.